The predicted octanol–water partition coefficient (Wildman–Crippen LogP) is 3.25. The van der Waals surface area contributed by atoms with E-state index in [0.717, 1.165) is 10.5 Å². The van der Waals surface area contributed by atoms with Crippen molar-refractivity contribution in [3.63, 3.8) is 0 Å². The second kappa shape index (κ2) is 6.50. The molecule has 1 atom stereocenters. The molecular weight excluding hydrogens is 363 g/mol. The number of carbonyl (C=O) groups is 2. The number of carbonyl (C=O) groups excluding carboxylic acids is 2. The zero-order valence-electron chi connectivity index (χ0n) is 12.1. The van der Waals surface area contributed by atoms with E-state index in [-0.39, 0.29) is 12.5 Å². The summed E-state index contributed by atoms with van der Waals surface area (Å²) in [7, 11) is 0. The summed E-state index contributed by atoms with van der Waals surface area (Å²) in [6.45, 7) is -0.0743. The van der Waals surface area contributed by atoms with Crippen LogP contribution in [0.2, 0.25) is 0 Å². The van der Waals surface area contributed by atoms with Crippen molar-refractivity contribution in [2.24, 2.45) is 0 Å². The van der Waals surface area contributed by atoms with Gasteiger partial charge in [-0.15, -0.1) is 0 Å². The first-order valence-corrected chi connectivity index (χ1v) is 7.93. The van der Waals surface area contributed by atoms with Crippen LogP contribution in [0.1, 0.15) is 11.1 Å². The Labute approximate surface area is 141 Å². The third kappa shape index (κ3) is 3.42. The fourth-order valence-corrected chi connectivity index (χ4v) is 2.87. The average molecular weight is 377 g/mol. The van der Waals surface area contributed by atoms with Crippen molar-refractivity contribution in [1.82, 2.24) is 10.2 Å². The van der Waals surface area contributed by atoms with Gasteiger partial charge in [-0.2, -0.15) is 0 Å². The van der Waals surface area contributed by atoms with Gasteiger partial charge in [0.25, 0.3) is 5.91 Å². The maximum absolute atomic E-state index is 13.9. The molecule has 23 heavy (non-hydrogen) atoms. The van der Waals surface area contributed by atoms with Crippen LogP contribution in [-0.4, -0.2) is 22.9 Å². The molecule has 3 rings (SSSR count). The van der Waals surface area contributed by atoms with Crippen molar-refractivity contribution in [3.05, 3.63) is 69.9 Å². The van der Waals surface area contributed by atoms with Crippen molar-refractivity contribution in [2.75, 3.05) is 0 Å². The minimum atomic E-state index is -0.608. The lowest BCUT2D eigenvalue weighted by atomic mass is 10.1. The Morgan fingerprint density at radius 1 is 1.13 bits per heavy atom. The summed E-state index contributed by atoms with van der Waals surface area (Å²) in [4.78, 5) is 25.5. The van der Waals surface area contributed by atoms with Gasteiger partial charge in [0.15, 0.2) is 0 Å². The summed E-state index contributed by atoms with van der Waals surface area (Å²) in [6, 6.07) is 12.9. The normalized spacial score (nSPS) is 17.5. The van der Waals surface area contributed by atoms with Crippen LogP contribution in [-0.2, 0) is 17.8 Å². The summed E-state index contributed by atoms with van der Waals surface area (Å²) in [5.74, 6) is -0.785. The van der Waals surface area contributed by atoms with Crippen LogP contribution >= 0.6 is 15.9 Å². The van der Waals surface area contributed by atoms with E-state index in [1.807, 2.05) is 30.3 Å². The van der Waals surface area contributed by atoms with E-state index in [2.05, 4.69) is 21.2 Å². The Hall–Kier alpha value is -2.21. The molecule has 0 unspecified atom stereocenters. The second-order valence-corrected chi connectivity index (χ2v) is 6.27. The van der Waals surface area contributed by atoms with Crippen molar-refractivity contribution in [1.29, 1.82) is 0 Å². The van der Waals surface area contributed by atoms with Gasteiger partial charge in [-0.05, 0) is 17.7 Å². The molecule has 6 heteroatoms. The molecule has 2 aromatic rings. The lowest BCUT2D eigenvalue weighted by molar-refractivity contribution is -0.127. The molecular formula is C17H14BrFN2O2. The van der Waals surface area contributed by atoms with Crippen molar-refractivity contribution < 1.29 is 14.0 Å². The fourth-order valence-electron chi connectivity index (χ4n) is 2.54. The van der Waals surface area contributed by atoms with Gasteiger partial charge >= 0.3 is 6.03 Å². The van der Waals surface area contributed by atoms with E-state index in [1.165, 1.54) is 6.07 Å². The zero-order chi connectivity index (χ0) is 16.4. The molecule has 1 aliphatic rings. The third-order valence-electron chi connectivity index (χ3n) is 3.73. The second-order valence-electron chi connectivity index (χ2n) is 5.35. The van der Waals surface area contributed by atoms with E-state index in [1.54, 1.807) is 12.1 Å². The Bertz CT molecular complexity index is 752. The molecule has 1 heterocycles. The number of imide groups is 1. The highest BCUT2D eigenvalue weighted by Crippen LogP contribution is 2.20. The molecule has 3 amide bonds. The summed E-state index contributed by atoms with van der Waals surface area (Å²) >= 11 is 3.18. The minimum absolute atomic E-state index is 0.0743. The Kier molecular flexibility index (Phi) is 4.43. The summed E-state index contributed by atoms with van der Waals surface area (Å²) < 4.78 is 14.5. The molecule has 0 aliphatic carbocycles. The number of rotatable bonds is 4. The van der Waals surface area contributed by atoms with E-state index >= 15 is 0 Å². The van der Waals surface area contributed by atoms with Crippen LogP contribution < -0.4 is 5.32 Å². The van der Waals surface area contributed by atoms with Gasteiger partial charge in [0.1, 0.15) is 11.9 Å². The molecule has 118 valence electrons. The minimum Gasteiger partial charge on any atom is -0.325 e. The maximum atomic E-state index is 13.9. The summed E-state index contributed by atoms with van der Waals surface area (Å²) in [5, 5.41) is 2.66. The average Bonchev–Trinajstić information content (AvgIpc) is 2.78. The summed E-state index contributed by atoms with van der Waals surface area (Å²) in [6.07, 6.45) is 0.421. The molecule has 4 nitrogen and oxygen atoms in total. The number of nitrogens with zero attached hydrogens (tertiary/aromatic N) is 1. The van der Waals surface area contributed by atoms with E-state index in [9.17, 15) is 14.0 Å². The number of hydrogen-bond donors (Lipinski definition) is 1. The Morgan fingerprint density at radius 3 is 2.57 bits per heavy atom. The van der Waals surface area contributed by atoms with Gasteiger partial charge < -0.3 is 5.32 Å². The first kappa shape index (κ1) is 15.7. The highest BCUT2D eigenvalue weighted by atomic mass is 79.9. The number of benzene rings is 2. The predicted molar refractivity (Wildman–Crippen MR) is 87.1 cm³/mol. The van der Waals surface area contributed by atoms with Gasteiger partial charge in [0.2, 0.25) is 0 Å². The highest BCUT2D eigenvalue weighted by molar-refractivity contribution is 9.10. The first-order chi connectivity index (χ1) is 11.0. The van der Waals surface area contributed by atoms with Crippen molar-refractivity contribution >= 4 is 27.9 Å². The first-order valence-electron chi connectivity index (χ1n) is 7.14. The van der Waals surface area contributed by atoms with Gasteiger partial charge in [0, 0.05) is 16.5 Å². The molecule has 0 bridgehead atoms. The van der Waals surface area contributed by atoms with Crippen LogP contribution in [0.3, 0.4) is 0 Å². The highest BCUT2D eigenvalue weighted by Gasteiger charge is 2.38. The monoisotopic (exact) mass is 376 g/mol. The molecule has 0 aromatic heterocycles. The molecule has 1 N–H and O–H groups in total. The Morgan fingerprint density at radius 2 is 1.87 bits per heavy atom. The number of hydrogen-bond acceptors (Lipinski definition) is 2. The van der Waals surface area contributed by atoms with Crippen LogP contribution in [0.25, 0.3) is 0 Å². The number of halogens is 2. The standard InChI is InChI=1S/C17H14BrFN2O2/c18-13-7-6-12(14(19)9-13)10-21-16(22)15(20-17(21)23)8-11-4-2-1-3-5-11/h1-7,9,15H,8,10H2,(H,20,23)/t15-/m0/s1. The molecule has 1 fully saturated rings. The van der Waals surface area contributed by atoms with Gasteiger partial charge in [0.05, 0.1) is 6.54 Å². The number of nitrogens with one attached hydrogen (secondary N) is 1. The molecule has 0 radical (unpaired) electrons. The van der Waals surface area contributed by atoms with E-state index in [4.69, 9.17) is 0 Å². The number of amides is 3. The van der Waals surface area contributed by atoms with E-state index < -0.39 is 17.9 Å². The van der Waals surface area contributed by atoms with Crippen molar-refractivity contribution in [3.8, 4) is 0 Å². The van der Waals surface area contributed by atoms with Crippen LogP contribution in [0.5, 0.6) is 0 Å². The van der Waals surface area contributed by atoms with Crippen LogP contribution in [0, 0.1) is 5.82 Å². The topological polar surface area (TPSA) is 49.4 Å². The molecule has 0 saturated carbocycles. The molecule has 2 aromatic carbocycles. The van der Waals surface area contributed by atoms with Gasteiger partial charge in [-0.25, -0.2) is 9.18 Å². The van der Waals surface area contributed by atoms with Gasteiger partial charge in [-0.3, -0.25) is 9.69 Å². The molecule has 1 saturated heterocycles. The lowest BCUT2D eigenvalue weighted by Gasteiger charge is -2.14. The van der Waals surface area contributed by atoms with Crippen LogP contribution in [0.15, 0.2) is 53.0 Å². The number of urea groups is 1. The van der Waals surface area contributed by atoms with Crippen LogP contribution in [0.4, 0.5) is 9.18 Å². The SMILES string of the molecule is O=C1N[C@@H](Cc2ccccc2)C(=O)N1Cc1ccc(Br)cc1F. The van der Waals surface area contributed by atoms with Gasteiger partial charge in [-0.1, -0.05) is 52.3 Å². The smallest absolute Gasteiger partial charge is 0.325 e. The molecule has 0 spiro atoms. The fraction of sp³-hybridized carbons (Fsp3) is 0.176. The molecule has 1 aliphatic heterocycles. The zero-order valence-corrected chi connectivity index (χ0v) is 13.7. The summed E-state index contributed by atoms with van der Waals surface area (Å²) in [5.41, 5.74) is 1.26. The largest absolute Gasteiger partial charge is 0.325 e. The third-order valence-corrected chi connectivity index (χ3v) is 4.23. The quantitative estimate of drug-likeness (QED) is 0.832. The maximum Gasteiger partial charge on any atom is 0.325 e. The lowest BCUT2D eigenvalue weighted by Crippen LogP contribution is -2.32. The van der Waals surface area contributed by atoms with E-state index in [0.29, 0.717) is 16.5 Å². The Balaban J connectivity index is 1.74. The van der Waals surface area contributed by atoms with Crippen molar-refractivity contribution in [2.45, 2.75) is 19.0 Å².